The molecule has 1 amide bonds. The highest BCUT2D eigenvalue weighted by Crippen LogP contribution is 1.94. The Balaban J connectivity index is 2.39. The van der Waals surface area contributed by atoms with Gasteiger partial charge in [-0.15, -0.1) is 0 Å². The molecule has 0 fully saturated rings. The number of carbonyl (C=O) groups excluding carboxylic acids is 1. The van der Waals surface area contributed by atoms with E-state index >= 15 is 0 Å². The molecule has 0 spiro atoms. The van der Waals surface area contributed by atoms with Crippen molar-refractivity contribution in [1.82, 2.24) is 14.8 Å². The van der Waals surface area contributed by atoms with E-state index in [4.69, 9.17) is 18.0 Å². The molecular formula is C6H10N4OS. The lowest BCUT2D eigenvalue weighted by Gasteiger charge is -1.97. The molecule has 1 aromatic rings. The van der Waals surface area contributed by atoms with Gasteiger partial charge in [0, 0.05) is 13.0 Å². The number of hydrogen-bond donors (Lipinski definition) is 2. The molecule has 12 heavy (non-hydrogen) atoms. The second-order valence-electron chi connectivity index (χ2n) is 2.42. The molecule has 3 N–H and O–H groups in total. The fourth-order valence-corrected chi connectivity index (χ4v) is 1.04. The van der Waals surface area contributed by atoms with Crippen molar-refractivity contribution in [3.63, 3.8) is 0 Å². The lowest BCUT2D eigenvalue weighted by atomic mass is 10.3. The number of carbonyl (C=O) groups is 1. The molecule has 0 aliphatic heterocycles. The molecule has 1 heterocycles. The number of aryl methyl sites for hydroxylation is 1. The van der Waals surface area contributed by atoms with Crippen LogP contribution in [0.25, 0.3) is 0 Å². The number of hydrogen-bond acceptors (Lipinski definition) is 3. The molecule has 0 aliphatic carbocycles. The minimum Gasteiger partial charge on any atom is -0.370 e. The van der Waals surface area contributed by atoms with E-state index in [1.807, 2.05) is 0 Å². The number of aromatic nitrogens is 3. The van der Waals surface area contributed by atoms with Crippen LogP contribution in [-0.2, 0) is 11.3 Å². The standard InChI is InChI=1S/C6H10N4OS/c7-5(11)2-1-3-10-4-8-9-6(10)12/h4H,1-3H2,(H2,7,11)(H,9,12). The number of rotatable bonds is 4. The summed E-state index contributed by atoms with van der Waals surface area (Å²) in [6.07, 6.45) is 2.68. The molecule has 6 heteroatoms. The molecule has 0 unspecified atom stereocenters. The largest absolute Gasteiger partial charge is 0.370 e. The van der Waals surface area contributed by atoms with Gasteiger partial charge in [-0.25, -0.2) is 0 Å². The molecule has 5 nitrogen and oxygen atoms in total. The van der Waals surface area contributed by atoms with Crippen LogP contribution in [0.4, 0.5) is 0 Å². The maximum atomic E-state index is 10.4. The Kier molecular flexibility index (Phi) is 2.98. The molecule has 0 saturated heterocycles. The van der Waals surface area contributed by atoms with Crippen LogP contribution in [0.3, 0.4) is 0 Å². The first-order valence-corrected chi connectivity index (χ1v) is 3.99. The number of nitrogens with one attached hydrogen (secondary N) is 1. The van der Waals surface area contributed by atoms with Gasteiger partial charge in [0.25, 0.3) is 0 Å². The van der Waals surface area contributed by atoms with E-state index in [1.165, 1.54) is 0 Å². The second-order valence-corrected chi connectivity index (χ2v) is 2.81. The predicted molar refractivity (Wildman–Crippen MR) is 45.8 cm³/mol. The molecule has 0 bridgehead atoms. The SMILES string of the molecule is NC(=O)CCCn1cn[nH]c1=S. The molecule has 0 aromatic carbocycles. The summed E-state index contributed by atoms with van der Waals surface area (Å²) >= 11 is 4.89. The molecule has 0 atom stereocenters. The highest BCUT2D eigenvalue weighted by Gasteiger charge is 1.96. The van der Waals surface area contributed by atoms with Gasteiger partial charge in [-0.1, -0.05) is 0 Å². The van der Waals surface area contributed by atoms with Crippen molar-refractivity contribution in [3.05, 3.63) is 11.1 Å². The highest BCUT2D eigenvalue weighted by atomic mass is 32.1. The van der Waals surface area contributed by atoms with Crippen LogP contribution in [0, 0.1) is 4.77 Å². The van der Waals surface area contributed by atoms with Crippen LogP contribution in [-0.4, -0.2) is 20.7 Å². The van der Waals surface area contributed by atoms with Gasteiger partial charge < -0.3 is 10.3 Å². The van der Waals surface area contributed by atoms with E-state index in [2.05, 4.69) is 10.2 Å². The lowest BCUT2D eigenvalue weighted by Crippen LogP contribution is -2.11. The summed E-state index contributed by atoms with van der Waals surface area (Å²) in [5.41, 5.74) is 4.97. The quantitative estimate of drug-likeness (QED) is 0.660. The minimum atomic E-state index is -0.287. The van der Waals surface area contributed by atoms with Crippen molar-refractivity contribution < 1.29 is 4.79 Å². The monoisotopic (exact) mass is 186 g/mol. The molecular weight excluding hydrogens is 176 g/mol. The molecule has 66 valence electrons. The fraction of sp³-hybridized carbons (Fsp3) is 0.500. The summed E-state index contributed by atoms with van der Waals surface area (Å²) in [7, 11) is 0. The third kappa shape index (κ3) is 2.46. The lowest BCUT2D eigenvalue weighted by molar-refractivity contribution is -0.118. The molecule has 1 rings (SSSR count). The van der Waals surface area contributed by atoms with Gasteiger partial charge in [0.1, 0.15) is 6.33 Å². The number of nitrogens with zero attached hydrogens (tertiary/aromatic N) is 2. The summed E-state index contributed by atoms with van der Waals surface area (Å²) in [6, 6.07) is 0. The summed E-state index contributed by atoms with van der Waals surface area (Å²) in [5, 5.41) is 6.36. The Morgan fingerprint density at radius 3 is 3.08 bits per heavy atom. The van der Waals surface area contributed by atoms with Crippen molar-refractivity contribution >= 4 is 18.1 Å². The molecule has 1 aromatic heterocycles. The van der Waals surface area contributed by atoms with Crippen LogP contribution in [0.5, 0.6) is 0 Å². The fourth-order valence-electron chi connectivity index (χ4n) is 0.853. The summed E-state index contributed by atoms with van der Waals surface area (Å²) in [6.45, 7) is 0.679. The van der Waals surface area contributed by atoms with E-state index in [1.54, 1.807) is 10.9 Å². The van der Waals surface area contributed by atoms with Crippen LogP contribution in [0.15, 0.2) is 6.33 Å². The Bertz CT molecular complexity index is 315. The summed E-state index contributed by atoms with van der Waals surface area (Å²) in [5.74, 6) is -0.287. The molecule has 0 saturated carbocycles. The number of amides is 1. The highest BCUT2D eigenvalue weighted by molar-refractivity contribution is 7.71. The van der Waals surface area contributed by atoms with Crippen molar-refractivity contribution in [1.29, 1.82) is 0 Å². The van der Waals surface area contributed by atoms with E-state index in [0.717, 1.165) is 0 Å². The first kappa shape index (κ1) is 8.92. The number of primary amides is 1. The number of aromatic amines is 1. The van der Waals surface area contributed by atoms with Crippen LogP contribution >= 0.6 is 12.2 Å². The van der Waals surface area contributed by atoms with Gasteiger partial charge in [-0.05, 0) is 18.6 Å². The zero-order valence-corrected chi connectivity index (χ0v) is 7.30. The van der Waals surface area contributed by atoms with Gasteiger partial charge in [0.2, 0.25) is 5.91 Å². The third-order valence-corrected chi connectivity index (χ3v) is 1.77. The first-order valence-electron chi connectivity index (χ1n) is 3.58. The van der Waals surface area contributed by atoms with Gasteiger partial charge in [0.05, 0.1) is 0 Å². The van der Waals surface area contributed by atoms with Gasteiger partial charge in [0.15, 0.2) is 4.77 Å². The normalized spacial score (nSPS) is 10.0. The zero-order chi connectivity index (χ0) is 8.97. The van der Waals surface area contributed by atoms with Gasteiger partial charge in [-0.2, -0.15) is 5.10 Å². The van der Waals surface area contributed by atoms with Crippen LogP contribution < -0.4 is 5.73 Å². The smallest absolute Gasteiger partial charge is 0.217 e. The predicted octanol–water partition coefficient (Wildman–Crippen LogP) is 0.206. The maximum Gasteiger partial charge on any atom is 0.217 e. The van der Waals surface area contributed by atoms with Gasteiger partial charge in [-0.3, -0.25) is 9.89 Å². The van der Waals surface area contributed by atoms with Crippen molar-refractivity contribution in [2.24, 2.45) is 5.73 Å². The molecule has 0 aliphatic rings. The number of H-pyrrole nitrogens is 1. The Hall–Kier alpha value is -1.17. The van der Waals surface area contributed by atoms with E-state index in [0.29, 0.717) is 24.2 Å². The number of nitrogens with two attached hydrogens (primary N) is 1. The van der Waals surface area contributed by atoms with Crippen molar-refractivity contribution in [3.8, 4) is 0 Å². The van der Waals surface area contributed by atoms with E-state index < -0.39 is 0 Å². The summed E-state index contributed by atoms with van der Waals surface area (Å²) in [4.78, 5) is 10.4. The Morgan fingerprint density at radius 1 is 1.83 bits per heavy atom. The average Bonchev–Trinajstić information content (AvgIpc) is 2.36. The van der Waals surface area contributed by atoms with Crippen molar-refractivity contribution in [2.75, 3.05) is 0 Å². The van der Waals surface area contributed by atoms with E-state index in [-0.39, 0.29) is 5.91 Å². The minimum absolute atomic E-state index is 0.287. The van der Waals surface area contributed by atoms with Crippen LogP contribution in [0.2, 0.25) is 0 Å². The van der Waals surface area contributed by atoms with Gasteiger partial charge >= 0.3 is 0 Å². The second kappa shape index (κ2) is 4.01. The van der Waals surface area contributed by atoms with E-state index in [9.17, 15) is 4.79 Å². The Morgan fingerprint density at radius 2 is 2.58 bits per heavy atom. The zero-order valence-electron chi connectivity index (χ0n) is 6.49. The first-order chi connectivity index (χ1) is 5.70. The molecule has 0 radical (unpaired) electrons. The third-order valence-electron chi connectivity index (χ3n) is 1.44. The Labute approximate surface area is 74.6 Å². The topological polar surface area (TPSA) is 76.7 Å². The van der Waals surface area contributed by atoms with Crippen LogP contribution in [0.1, 0.15) is 12.8 Å². The maximum absolute atomic E-state index is 10.4. The van der Waals surface area contributed by atoms with Crippen molar-refractivity contribution in [2.45, 2.75) is 19.4 Å². The average molecular weight is 186 g/mol. The summed E-state index contributed by atoms with van der Waals surface area (Å²) < 4.78 is 2.33.